The van der Waals surface area contributed by atoms with Crippen molar-refractivity contribution in [3.8, 4) is 24.7 Å². The van der Waals surface area contributed by atoms with Crippen molar-refractivity contribution in [2.24, 2.45) is 0 Å². The van der Waals surface area contributed by atoms with Gasteiger partial charge in [-0.3, -0.25) is 4.90 Å². The second kappa shape index (κ2) is 5.91. The van der Waals surface area contributed by atoms with Gasteiger partial charge >= 0.3 is 0 Å². The molecule has 1 atom stereocenters. The Hall–Kier alpha value is -1.70. The highest BCUT2D eigenvalue weighted by atomic mass is 15.1. The normalized spacial score (nSPS) is 11.7. The lowest BCUT2D eigenvalue weighted by Crippen LogP contribution is -2.27. The van der Waals surface area contributed by atoms with Gasteiger partial charge in [0, 0.05) is 6.04 Å². The highest BCUT2D eigenvalue weighted by Gasteiger charge is 2.12. The van der Waals surface area contributed by atoms with Gasteiger partial charge in [-0.1, -0.05) is 42.2 Å². The number of benzene rings is 1. The second-order valence-corrected chi connectivity index (χ2v) is 3.40. The maximum Gasteiger partial charge on any atom is 0.0613 e. The van der Waals surface area contributed by atoms with Crippen LogP contribution in [0.5, 0.6) is 0 Å². The average Bonchev–Trinajstić information content (AvgIpc) is 2.29. The largest absolute Gasteiger partial charge is 0.274 e. The summed E-state index contributed by atoms with van der Waals surface area (Å²) in [5.41, 5.74) is 1.24. The summed E-state index contributed by atoms with van der Waals surface area (Å²) in [4.78, 5) is 2.09. The van der Waals surface area contributed by atoms with E-state index in [0.717, 1.165) is 0 Å². The van der Waals surface area contributed by atoms with E-state index in [2.05, 4.69) is 35.8 Å². The van der Waals surface area contributed by atoms with Crippen LogP contribution in [-0.4, -0.2) is 18.0 Å². The monoisotopic (exact) mass is 197 g/mol. The summed E-state index contributed by atoms with van der Waals surface area (Å²) in [6, 6.07) is 10.5. The van der Waals surface area contributed by atoms with Gasteiger partial charge in [-0.25, -0.2) is 0 Å². The van der Waals surface area contributed by atoms with Crippen molar-refractivity contribution in [1.29, 1.82) is 0 Å². The second-order valence-electron chi connectivity index (χ2n) is 3.40. The summed E-state index contributed by atoms with van der Waals surface area (Å²) in [5, 5.41) is 0. The molecule has 1 unspecified atom stereocenters. The molecule has 1 nitrogen and oxygen atoms in total. The van der Waals surface area contributed by atoms with Crippen molar-refractivity contribution in [3.63, 3.8) is 0 Å². The molecule has 0 amide bonds. The standard InChI is InChI=1S/C14H15N/c1-4-11-15(12-5-2)13(3)14-9-7-6-8-10-14/h1-2,6-10,13H,11-12H2,3H3. The first-order valence-electron chi connectivity index (χ1n) is 4.95. The van der Waals surface area contributed by atoms with Crippen LogP contribution in [0.2, 0.25) is 0 Å². The summed E-state index contributed by atoms with van der Waals surface area (Å²) in [5.74, 6) is 5.27. The first-order chi connectivity index (χ1) is 7.29. The molecule has 1 aromatic rings. The lowest BCUT2D eigenvalue weighted by Gasteiger charge is -2.25. The van der Waals surface area contributed by atoms with Crippen LogP contribution in [0, 0.1) is 24.7 Å². The first kappa shape index (κ1) is 11.4. The minimum Gasteiger partial charge on any atom is -0.274 e. The molecule has 0 aliphatic rings. The van der Waals surface area contributed by atoms with Crippen LogP contribution in [-0.2, 0) is 0 Å². The van der Waals surface area contributed by atoms with E-state index in [1.165, 1.54) is 5.56 Å². The number of terminal acetylenes is 2. The Morgan fingerprint density at radius 2 is 1.67 bits per heavy atom. The fourth-order valence-electron chi connectivity index (χ4n) is 1.51. The zero-order chi connectivity index (χ0) is 11.1. The molecule has 0 saturated carbocycles. The van der Waals surface area contributed by atoms with E-state index in [4.69, 9.17) is 12.8 Å². The molecule has 76 valence electrons. The topological polar surface area (TPSA) is 3.24 Å². The summed E-state index contributed by atoms with van der Waals surface area (Å²) in [6.07, 6.45) is 10.6. The lowest BCUT2D eigenvalue weighted by atomic mass is 10.1. The van der Waals surface area contributed by atoms with Gasteiger partial charge in [0.15, 0.2) is 0 Å². The first-order valence-corrected chi connectivity index (χ1v) is 4.95. The average molecular weight is 197 g/mol. The summed E-state index contributed by atoms with van der Waals surface area (Å²) in [7, 11) is 0. The number of nitrogens with zero attached hydrogens (tertiary/aromatic N) is 1. The molecule has 0 radical (unpaired) electrons. The van der Waals surface area contributed by atoms with E-state index in [0.29, 0.717) is 13.1 Å². The van der Waals surface area contributed by atoms with Gasteiger partial charge in [-0.15, -0.1) is 12.8 Å². The maximum atomic E-state index is 5.32. The van der Waals surface area contributed by atoms with Gasteiger partial charge < -0.3 is 0 Å². The van der Waals surface area contributed by atoms with Crippen molar-refractivity contribution in [2.75, 3.05) is 13.1 Å². The third-order valence-corrected chi connectivity index (χ3v) is 2.42. The molecule has 0 aromatic heterocycles. The van der Waals surface area contributed by atoms with Gasteiger partial charge in [0.2, 0.25) is 0 Å². The molecule has 0 fully saturated rings. The Balaban J connectivity index is 2.77. The third kappa shape index (κ3) is 3.17. The van der Waals surface area contributed by atoms with Crippen LogP contribution in [0.3, 0.4) is 0 Å². The molecule has 0 N–H and O–H groups in total. The van der Waals surface area contributed by atoms with Crippen molar-refractivity contribution in [2.45, 2.75) is 13.0 Å². The highest BCUT2D eigenvalue weighted by molar-refractivity contribution is 5.19. The summed E-state index contributed by atoms with van der Waals surface area (Å²) < 4.78 is 0. The third-order valence-electron chi connectivity index (χ3n) is 2.42. The van der Waals surface area contributed by atoms with Crippen molar-refractivity contribution >= 4 is 0 Å². The number of hydrogen-bond acceptors (Lipinski definition) is 1. The smallest absolute Gasteiger partial charge is 0.0613 e. The van der Waals surface area contributed by atoms with E-state index in [1.54, 1.807) is 0 Å². The Morgan fingerprint density at radius 1 is 1.13 bits per heavy atom. The molecule has 1 heteroatoms. The van der Waals surface area contributed by atoms with E-state index in [9.17, 15) is 0 Å². The summed E-state index contributed by atoms with van der Waals surface area (Å²) in [6.45, 7) is 3.28. The molecule has 0 aliphatic carbocycles. The van der Waals surface area contributed by atoms with Crippen LogP contribution in [0.15, 0.2) is 30.3 Å². The zero-order valence-electron chi connectivity index (χ0n) is 8.98. The Morgan fingerprint density at radius 3 is 2.13 bits per heavy atom. The predicted octanol–water partition coefficient (Wildman–Crippen LogP) is 2.32. The van der Waals surface area contributed by atoms with Gasteiger partial charge in [-0.2, -0.15) is 0 Å². The van der Waals surface area contributed by atoms with Gasteiger partial charge in [0.1, 0.15) is 0 Å². The van der Waals surface area contributed by atoms with Crippen molar-refractivity contribution < 1.29 is 0 Å². The van der Waals surface area contributed by atoms with Crippen LogP contribution >= 0.6 is 0 Å². The van der Waals surface area contributed by atoms with E-state index < -0.39 is 0 Å². The Bertz CT molecular complexity index is 351. The zero-order valence-corrected chi connectivity index (χ0v) is 8.98. The molecule has 15 heavy (non-hydrogen) atoms. The Kier molecular flexibility index (Phi) is 4.48. The SMILES string of the molecule is C#CCN(CC#C)C(C)c1ccccc1. The van der Waals surface area contributed by atoms with Crippen molar-refractivity contribution in [1.82, 2.24) is 4.90 Å². The molecule has 0 heterocycles. The molecule has 0 spiro atoms. The number of hydrogen-bond donors (Lipinski definition) is 0. The molecule has 0 saturated heterocycles. The van der Waals surface area contributed by atoms with E-state index in [-0.39, 0.29) is 6.04 Å². The number of rotatable bonds is 4. The van der Waals surface area contributed by atoms with Crippen LogP contribution in [0.25, 0.3) is 0 Å². The van der Waals surface area contributed by atoms with Gasteiger partial charge in [0.25, 0.3) is 0 Å². The fraction of sp³-hybridized carbons (Fsp3) is 0.286. The van der Waals surface area contributed by atoms with Gasteiger partial charge in [-0.05, 0) is 12.5 Å². The lowest BCUT2D eigenvalue weighted by molar-refractivity contribution is 0.268. The minimum atomic E-state index is 0.262. The highest BCUT2D eigenvalue weighted by Crippen LogP contribution is 2.18. The predicted molar refractivity (Wildman–Crippen MR) is 64.1 cm³/mol. The molecular weight excluding hydrogens is 182 g/mol. The van der Waals surface area contributed by atoms with Crippen LogP contribution in [0.4, 0.5) is 0 Å². The molecule has 1 aromatic carbocycles. The van der Waals surface area contributed by atoms with Gasteiger partial charge in [0.05, 0.1) is 13.1 Å². The van der Waals surface area contributed by atoms with Crippen LogP contribution in [0.1, 0.15) is 18.5 Å². The molecule has 0 aliphatic heterocycles. The van der Waals surface area contributed by atoms with E-state index >= 15 is 0 Å². The van der Waals surface area contributed by atoms with Crippen molar-refractivity contribution in [3.05, 3.63) is 35.9 Å². The maximum absolute atomic E-state index is 5.32. The minimum absolute atomic E-state index is 0.262. The summed E-state index contributed by atoms with van der Waals surface area (Å²) >= 11 is 0. The molecular formula is C14H15N. The molecule has 0 bridgehead atoms. The quantitative estimate of drug-likeness (QED) is 0.669. The fourth-order valence-corrected chi connectivity index (χ4v) is 1.51. The van der Waals surface area contributed by atoms with E-state index in [1.807, 2.05) is 18.2 Å². The molecule has 1 rings (SSSR count). The van der Waals surface area contributed by atoms with Crippen LogP contribution < -0.4 is 0 Å². The Labute approximate surface area is 92.1 Å².